The number of aromatic nitrogens is 1. The molecule has 0 bridgehead atoms. The van der Waals surface area contributed by atoms with Crippen LogP contribution in [-0.4, -0.2) is 10.9 Å². The minimum Gasteiger partial charge on any atom is -0.439 e. The molecule has 0 saturated carbocycles. The van der Waals surface area contributed by atoms with Gasteiger partial charge in [0.2, 0.25) is 5.88 Å². The van der Waals surface area contributed by atoms with E-state index in [1.165, 1.54) is 24.3 Å². The number of carbonyl (C=O) groups excluding carboxylic acids is 1. The maximum Gasteiger partial charge on any atom is 0.416 e. The molecule has 144 valence electrons. The highest BCUT2D eigenvalue weighted by atomic mass is 19.4. The monoisotopic (exact) mass is 394 g/mol. The van der Waals surface area contributed by atoms with Crippen LogP contribution in [0, 0.1) is 11.6 Å². The molecule has 9 heteroatoms. The predicted molar refractivity (Wildman–Crippen MR) is 90.1 cm³/mol. The van der Waals surface area contributed by atoms with E-state index in [9.17, 15) is 26.7 Å². The zero-order chi connectivity index (χ0) is 20.3. The number of carbonyl (C=O) groups is 1. The number of hydrogen-bond donors (Lipinski definition) is 1. The first-order valence-electron chi connectivity index (χ1n) is 7.81. The highest BCUT2D eigenvalue weighted by molar-refractivity contribution is 6.03. The summed E-state index contributed by atoms with van der Waals surface area (Å²) in [4.78, 5) is 16.1. The molecule has 28 heavy (non-hydrogen) atoms. The van der Waals surface area contributed by atoms with Crippen LogP contribution in [-0.2, 0) is 6.18 Å². The fourth-order valence-corrected chi connectivity index (χ4v) is 2.25. The van der Waals surface area contributed by atoms with Gasteiger partial charge in [0.1, 0.15) is 28.8 Å². The van der Waals surface area contributed by atoms with Crippen molar-refractivity contribution in [2.24, 2.45) is 0 Å². The van der Waals surface area contributed by atoms with Gasteiger partial charge in [-0.1, -0.05) is 18.2 Å². The highest BCUT2D eigenvalue weighted by Gasteiger charge is 2.30. The molecule has 0 spiro atoms. The van der Waals surface area contributed by atoms with Crippen LogP contribution in [0.1, 0.15) is 16.1 Å². The third-order valence-corrected chi connectivity index (χ3v) is 3.54. The minimum atomic E-state index is -4.54. The number of pyridine rings is 1. The van der Waals surface area contributed by atoms with Crippen LogP contribution in [0.25, 0.3) is 0 Å². The van der Waals surface area contributed by atoms with Gasteiger partial charge in [0, 0.05) is 6.07 Å². The lowest BCUT2D eigenvalue weighted by atomic mass is 10.2. The van der Waals surface area contributed by atoms with Gasteiger partial charge in [0.25, 0.3) is 5.91 Å². The Morgan fingerprint density at radius 3 is 2.25 bits per heavy atom. The smallest absolute Gasteiger partial charge is 0.416 e. The SMILES string of the molecule is O=C(Nc1c(F)cccc1F)c1cccc(Oc2cccc(C(F)(F)F)c2)n1. The topological polar surface area (TPSA) is 51.2 Å². The number of amides is 1. The average molecular weight is 394 g/mol. The van der Waals surface area contributed by atoms with Crippen LogP contribution < -0.4 is 10.1 Å². The second kappa shape index (κ2) is 7.63. The number of halogens is 5. The number of para-hydroxylation sites is 1. The standard InChI is InChI=1S/C19H11F5N2O2/c20-13-6-2-7-14(21)17(13)26-18(27)15-8-3-9-16(25-15)28-12-5-1-4-11(10-12)19(22,23)24/h1-10H,(H,26,27). The maximum absolute atomic E-state index is 13.6. The fraction of sp³-hybridized carbons (Fsp3) is 0.0526. The molecule has 1 heterocycles. The van der Waals surface area contributed by atoms with E-state index >= 15 is 0 Å². The van der Waals surface area contributed by atoms with Gasteiger partial charge in [-0.2, -0.15) is 13.2 Å². The number of ether oxygens (including phenoxy) is 1. The summed E-state index contributed by atoms with van der Waals surface area (Å²) in [7, 11) is 0. The highest BCUT2D eigenvalue weighted by Crippen LogP contribution is 2.32. The van der Waals surface area contributed by atoms with E-state index in [0.29, 0.717) is 0 Å². The molecule has 1 N–H and O–H groups in total. The van der Waals surface area contributed by atoms with E-state index in [1.54, 1.807) is 0 Å². The molecule has 0 aliphatic heterocycles. The Balaban J connectivity index is 1.80. The molecular weight excluding hydrogens is 383 g/mol. The van der Waals surface area contributed by atoms with Gasteiger partial charge in [-0.05, 0) is 36.4 Å². The normalized spacial score (nSPS) is 11.2. The minimum absolute atomic E-state index is 0.139. The first-order valence-corrected chi connectivity index (χ1v) is 7.81. The molecule has 0 aliphatic rings. The Morgan fingerprint density at radius 2 is 1.57 bits per heavy atom. The Hall–Kier alpha value is -3.49. The molecule has 0 unspecified atom stereocenters. The van der Waals surface area contributed by atoms with Gasteiger partial charge in [-0.3, -0.25) is 4.79 Å². The zero-order valence-electron chi connectivity index (χ0n) is 13.9. The van der Waals surface area contributed by atoms with Crippen molar-refractivity contribution in [2.45, 2.75) is 6.18 Å². The van der Waals surface area contributed by atoms with Gasteiger partial charge in [0.05, 0.1) is 5.56 Å². The molecule has 3 rings (SSSR count). The number of rotatable bonds is 4. The van der Waals surface area contributed by atoms with E-state index in [-0.39, 0.29) is 17.3 Å². The molecule has 1 amide bonds. The summed E-state index contributed by atoms with van der Waals surface area (Å²) >= 11 is 0. The van der Waals surface area contributed by atoms with Crippen molar-refractivity contribution in [3.63, 3.8) is 0 Å². The molecule has 0 saturated heterocycles. The zero-order valence-corrected chi connectivity index (χ0v) is 13.9. The molecular formula is C19H11F5N2O2. The molecule has 0 atom stereocenters. The van der Waals surface area contributed by atoms with E-state index in [1.807, 2.05) is 0 Å². The van der Waals surface area contributed by atoms with Crippen LogP contribution in [0.5, 0.6) is 11.6 Å². The number of anilines is 1. The van der Waals surface area contributed by atoms with Gasteiger partial charge < -0.3 is 10.1 Å². The van der Waals surface area contributed by atoms with E-state index < -0.39 is 35.0 Å². The Morgan fingerprint density at radius 1 is 0.929 bits per heavy atom. The van der Waals surface area contributed by atoms with Gasteiger partial charge in [-0.25, -0.2) is 13.8 Å². The fourth-order valence-electron chi connectivity index (χ4n) is 2.25. The van der Waals surface area contributed by atoms with Gasteiger partial charge in [0.15, 0.2) is 0 Å². The van der Waals surface area contributed by atoms with Crippen molar-refractivity contribution in [1.82, 2.24) is 4.98 Å². The van der Waals surface area contributed by atoms with Gasteiger partial charge in [-0.15, -0.1) is 0 Å². The molecule has 3 aromatic rings. The maximum atomic E-state index is 13.6. The van der Waals surface area contributed by atoms with Crippen molar-refractivity contribution in [3.05, 3.63) is 83.6 Å². The number of nitrogens with one attached hydrogen (secondary N) is 1. The Bertz CT molecular complexity index is 1000. The number of hydrogen-bond acceptors (Lipinski definition) is 3. The number of benzene rings is 2. The third kappa shape index (κ3) is 4.43. The molecule has 0 radical (unpaired) electrons. The molecule has 1 aromatic heterocycles. The van der Waals surface area contributed by atoms with Crippen LogP contribution in [0.15, 0.2) is 60.7 Å². The summed E-state index contributed by atoms with van der Waals surface area (Å²) in [5.41, 5.74) is -1.79. The Kier molecular flexibility index (Phi) is 5.25. The summed E-state index contributed by atoms with van der Waals surface area (Å²) in [5.74, 6) is -3.16. The molecule has 0 aliphatic carbocycles. The molecule has 0 fully saturated rings. The van der Waals surface area contributed by atoms with Crippen molar-refractivity contribution in [3.8, 4) is 11.6 Å². The van der Waals surface area contributed by atoms with Crippen LogP contribution in [0.3, 0.4) is 0 Å². The van der Waals surface area contributed by atoms with Crippen LogP contribution >= 0.6 is 0 Å². The van der Waals surface area contributed by atoms with Crippen molar-refractivity contribution >= 4 is 11.6 Å². The summed E-state index contributed by atoms with van der Waals surface area (Å²) < 4.78 is 70.8. The lowest BCUT2D eigenvalue weighted by Gasteiger charge is -2.10. The average Bonchev–Trinajstić information content (AvgIpc) is 2.64. The lowest BCUT2D eigenvalue weighted by molar-refractivity contribution is -0.137. The second-order valence-corrected chi connectivity index (χ2v) is 5.54. The van der Waals surface area contributed by atoms with Crippen molar-refractivity contribution < 1.29 is 31.5 Å². The number of alkyl halides is 3. The van der Waals surface area contributed by atoms with Crippen molar-refractivity contribution in [1.29, 1.82) is 0 Å². The van der Waals surface area contributed by atoms with E-state index in [4.69, 9.17) is 4.74 Å². The number of nitrogens with zero attached hydrogens (tertiary/aromatic N) is 1. The summed E-state index contributed by atoms with van der Waals surface area (Å²) in [6, 6.07) is 11.1. The third-order valence-electron chi connectivity index (χ3n) is 3.54. The largest absolute Gasteiger partial charge is 0.439 e. The second-order valence-electron chi connectivity index (χ2n) is 5.54. The van der Waals surface area contributed by atoms with Crippen LogP contribution in [0.2, 0.25) is 0 Å². The van der Waals surface area contributed by atoms with Gasteiger partial charge >= 0.3 is 6.18 Å². The first-order chi connectivity index (χ1) is 13.2. The predicted octanol–water partition coefficient (Wildman–Crippen LogP) is 5.42. The summed E-state index contributed by atoms with van der Waals surface area (Å²) in [6.07, 6.45) is -4.54. The first kappa shape index (κ1) is 19.3. The van der Waals surface area contributed by atoms with Crippen molar-refractivity contribution in [2.75, 3.05) is 5.32 Å². The Labute approximate surface area is 155 Å². The van der Waals surface area contributed by atoms with E-state index in [0.717, 1.165) is 36.4 Å². The molecule has 4 nitrogen and oxygen atoms in total. The quantitative estimate of drug-likeness (QED) is 0.601. The van der Waals surface area contributed by atoms with Crippen LogP contribution in [0.4, 0.5) is 27.6 Å². The molecule has 2 aromatic carbocycles. The lowest BCUT2D eigenvalue weighted by Crippen LogP contribution is -2.16. The van der Waals surface area contributed by atoms with E-state index in [2.05, 4.69) is 10.3 Å². The summed E-state index contributed by atoms with van der Waals surface area (Å²) in [5, 5.41) is 2.06. The summed E-state index contributed by atoms with van der Waals surface area (Å²) in [6.45, 7) is 0.